The van der Waals surface area contributed by atoms with Gasteiger partial charge >= 0.3 is 11.9 Å². The number of likely N-dealkylation sites (tertiary alicyclic amines) is 1. The van der Waals surface area contributed by atoms with Crippen LogP contribution in [0.2, 0.25) is 0 Å². The number of urea groups is 1. The van der Waals surface area contributed by atoms with Crippen LogP contribution >= 0.6 is 0 Å². The van der Waals surface area contributed by atoms with Crippen molar-refractivity contribution in [2.45, 2.75) is 64.3 Å². The summed E-state index contributed by atoms with van der Waals surface area (Å²) in [5, 5.41) is 0. The molecule has 1 aliphatic heterocycles. The summed E-state index contributed by atoms with van der Waals surface area (Å²) in [5.74, 6) is 0.905. The number of nitrogens with zero attached hydrogens (tertiary/aromatic N) is 2. The van der Waals surface area contributed by atoms with E-state index in [4.69, 9.17) is 4.74 Å². The Balaban J connectivity index is 1.41. The lowest BCUT2D eigenvalue weighted by Gasteiger charge is -2.34. The van der Waals surface area contributed by atoms with E-state index in [1.165, 1.54) is 12.0 Å². The van der Waals surface area contributed by atoms with Gasteiger partial charge in [0.25, 0.3) is 0 Å². The molecule has 0 N–H and O–H groups in total. The van der Waals surface area contributed by atoms with Crippen LogP contribution in [0.3, 0.4) is 0 Å². The maximum Gasteiger partial charge on any atom is 0.426 e. The van der Waals surface area contributed by atoms with Gasteiger partial charge in [-0.1, -0.05) is 42.5 Å². The predicted molar refractivity (Wildman–Crippen MR) is 132 cm³/mol. The second-order valence-electron chi connectivity index (χ2n) is 9.44. The lowest BCUT2D eigenvalue weighted by atomic mass is 10.1. The average molecular weight is 452 g/mol. The zero-order valence-electron chi connectivity index (χ0n) is 20.5. The molecule has 5 heteroatoms. The maximum absolute atomic E-state index is 13.2. The van der Waals surface area contributed by atoms with Crippen LogP contribution in [0.5, 0.6) is 5.75 Å². The molecule has 3 amide bonds. The molecule has 33 heavy (non-hydrogen) atoms. The minimum Gasteiger partial charge on any atom is -0.494 e. The standard InChI is InChI=1S/C28H39N2O3/c1-23-11-10-21-30(23,28(32)29(2)3)27(31)20-17-25-15-18-26(19-16-25)33-22-9-5-8-14-24-12-6-4-7-13-24/h4,6-7,12-13,15-16,18-19,23H,5,8-11,14,17,20-22H2,1-3H3/q+1/t23-,30?/m1/s1. The van der Waals surface area contributed by atoms with Crippen molar-refractivity contribution in [2.24, 2.45) is 0 Å². The number of carbonyl (C=O) groups excluding carboxylic acids is 2. The maximum atomic E-state index is 13.2. The van der Waals surface area contributed by atoms with Crippen molar-refractivity contribution in [1.82, 2.24) is 4.90 Å². The van der Waals surface area contributed by atoms with Gasteiger partial charge in [-0.25, -0.2) is 9.59 Å². The molecule has 2 atom stereocenters. The molecule has 3 rings (SSSR count). The monoisotopic (exact) mass is 451 g/mol. The number of quaternary nitrogens is 1. The van der Waals surface area contributed by atoms with Gasteiger partial charge in [-0.15, -0.1) is 0 Å². The summed E-state index contributed by atoms with van der Waals surface area (Å²) in [4.78, 5) is 27.6. The Bertz CT molecular complexity index is 895. The summed E-state index contributed by atoms with van der Waals surface area (Å²) in [7, 11) is 3.48. The van der Waals surface area contributed by atoms with E-state index in [1.54, 1.807) is 19.0 Å². The smallest absolute Gasteiger partial charge is 0.426 e. The third kappa shape index (κ3) is 6.44. The van der Waals surface area contributed by atoms with Gasteiger partial charge in [-0.2, -0.15) is 4.48 Å². The van der Waals surface area contributed by atoms with E-state index in [2.05, 4.69) is 30.3 Å². The molecule has 0 radical (unpaired) electrons. The molecule has 1 fully saturated rings. The molecule has 0 aliphatic carbocycles. The van der Waals surface area contributed by atoms with Crippen LogP contribution in [0, 0.1) is 0 Å². The first-order chi connectivity index (χ1) is 15.9. The lowest BCUT2D eigenvalue weighted by Crippen LogP contribution is -2.62. The number of aryl methyl sites for hydroxylation is 2. The Morgan fingerprint density at radius 2 is 1.64 bits per heavy atom. The summed E-state index contributed by atoms with van der Waals surface area (Å²) >= 11 is 0. The molecule has 5 nitrogen and oxygen atoms in total. The van der Waals surface area contributed by atoms with Gasteiger partial charge in [0.1, 0.15) is 11.8 Å². The van der Waals surface area contributed by atoms with Gasteiger partial charge in [0.05, 0.1) is 19.6 Å². The molecule has 0 saturated carbocycles. The van der Waals surface area contributed by atoms with Crippen molar-refractivity contribution in [3.63, 3.8) is 0 Å². The van der Waals surface area contributed by atoms with Crippen molar-refractivity contribution < 1.29 is 18.8 Å². The minimum absolute atomic E-state index is 0.0293. The quantitative estimate of drug-likeness (QED) is 0.348. The van der Waals surface area contributed by atoms with Crippen LogP contribution in [0.25, 0.3) is 0 Å². The van der Waals surface area contributed by atoms with E-state index in [9.17, 15) is 9.59 Å². The Kier molecular flexibility index (Phi) is 9.07. The summed E-state index contributed by atoms with van der Waals surface area (Å²) < 4.78 is 5.86. The van der Waals surface area contributed by atoms with Crippen LogP contribution in [0.4, 0.5) is 4.79 Å². The fraction of sp³-hybridized carbons (Fsp3) is 0.500. The fourth-order valence-electron chi connectivity index (χ4n) is 4.84. The van der Waals surface area contributed by atoms with Crippen molar-refractivity contribution >= 4 is 11.9 Å². The molecule has 1 heterocycles. The largest absolute Gasteiger partial charge is 0.494 e. The van der Waals surface area contributed by atoms with E-state index in [0.29, 0.717) is 19.4 Å². The number of hydrogen-bond donors (Lipinski definition) is 0. The summed E-state index contributed by atoms with van der Waals surface area (Å²) in [5.41, 5.74) is 2.49. The zero-order valence-corrected chi connectivity index (χ0v) is 20.5. The van der Waals surface area contributed by atoms with Gasteiger partial charge in [0.2, 0.25) is 0 Å². The van der Waals surface area contributed by atoms with Crippen molar-refractivity contribution in [3.8, 4) is 5.75 Å². The Morgan fingerprint density at radius 3 is 2.27 bits per heavy atom. The first-order valence-corrected chi connectivity index (χ1v) is 12.3. The van der Waals surface area contributed by atoms with Crippen LogP contribution in [0.1, 0.15) is 56.6 Å². The molecule has 0 spiro atoms. The predicted octanol–water partition coefficient (Wildman–Crippen LogP) is 5.62. The Morgan fingerprint density at radius 1 is 0.939 bits per heavy atom. The number of ether oxygens (including phenoxy) is 1. The summed E-state index contributed by atoms with van der Waals surface area (Å²) in [6.45, 7) is 3.37. The fourth-order valence-corrected chi connectivity index (χ4v) is 4.84. The van der Waals surface area contributed by atoms with E-state index in [-0.39, 0.29) is 22.5 Å². The molecule has 0 bridgehead atoms. The highest BCUT2D eigenvalue weighted by atomic mass is 16.5. The number of hydrogen-bond acceptors (Lipinski definition) is 3. The minimum atomic E-state index is -0.0856. The van der Waals surface area contributed by atoms with Crippen LogP contribution in [0.15, 0.2) is 54.6 Å². The second-order valence-corrected chi connectivity index (χ2v) is 9.44. The van der Waals surface area contributed by atoms with Gasteiger partial charge in [-0.3, -0.25) is 4.90 Å². The zero-order chi connectivity index (χ0) is 23.7. The van der Waals surface area contributed by atoms with Crippen LogP contribution < -0.4 is 4.74 Å². The highest BCUT2D eigenvalue weighted by molar-refractivity contribution is 5.84. The second kappa shape index (κ2) is 12.0. The molecular formula is C28H39N2O3+. The summed E-state index contributed by atoms with van der Waals surface area (Å²) in [6.07, 6.45) is 7.36. The number of rotatable bonds is 10. The van der Waals surface area contributed by atoms with Gasteiger partial charge in [0, 0.05) is 26.9 Å². The first-order valence-electron chi connectivity index (χ1n) is 12.3. The number of imide groups is 1. The Labute approximate surface area is 198 Å². The molecular weight excluding hydrogens is 412 g/mol. The number of unbranched alkanes of at least 4 members (excludes halogenated alkanes) is 2. The van der Waals surface area contributed by atoms with Gasteiger partial charge in [0.15, 0.2) is 0 Å². The average Bonchev–Trinajstić information content (AvgIpc) is 3.22. The molecule has 2 aromatic rings. The van der Waals surface area contributed by atoms with Gasteiger partial charge < -0.3 is 4.74 Å². The Hall–Kier alpha value is -2.66. The third-order valence-corrected chi connectivity index (χ3v) is 6.83. The normalized spacial score (nSPS) is 19.9. The van der Waals surface area contributed by atoms with Crippen LogP contribution in [-0.2, 0) is 17.6 Å². The highest BCUT2D eigenvalue weighted by Crippen LogP contribution is 2.30. The molecule has 1 unspecified atom stereocenters. The molecule has 0 aromatic heterocycles. The summed E-state index contributed by atoms with van der Waals surface area (Å²) in [6, 6.07) is 18.6. The van der Waals surface area contributed by atoms with Crippen LogP contribution in [-0.4, -0.2) is 54.6 Å². The van der Waals surface area contributed by atoms with E-state index in [0.717, 1.165) is 50.0 Å². The highest BCUT2D eigenvalue weighted by Gasteiger charge is 2.52. The first kappa shape index (κ1) is 25.0. The topological polar surface area (TPSA) is 46.6 Å². The van der Waals surface area contributed by atoms with Crippen molar-refractivity contribution in [2.75, 3.05) is 27.2 Å². The van der Waals surface area contributed by atoms with E-state index in [1.807, 2.05) is 31.2 Å². The number of benzene rings is 2. The van der Waals surface area contributed by atoms with E-state index >= 15 is 0 Å². The molecule has 1 saturated heterocycles. The van der Waals surface area contributed by atoms with Crippen molar-refractivity contribution in [3.05, 3.63) is 65.7 Å². The lowest BCUT2D eigenvalue weighted by molar-refractivity contribution is -0.788. The molecule has 2 aromatic carbocycles. The molecule has 178 valence electrons. The number of carbonyl (C=O) groups is 2. The number of amides is 3. The third-order valence-electron chi connectivity index (χ3n) is 6.83. The SMILES string of the molecule is C[C@@H]1CCC[N+]1(C(=O)CCc1ccc(OCCCCCc2ccccc2)cc1)C(=O)N(C)C. The van der Waals surface area contributed by atoms with E-state index < -0.39 is 0 Å². The molecule has 1 aliphatic rings. The van der Waals surface area contributed by atoms with Crippen molar-refractivity contribution in [1.29, 1.82) is 0 Å². The van der Waals surface area contributed by atoms with Gasteiger partial charge in [-0.05, 0) is 62.3 Å².